The fraction of sp³-hybridized carbons (Fsp3) is 1.00. The van der Waals surface area contributed by atoms with Crippen molar-refractivity contribution in [3.05, 3.63) is 0 Å². The summed E-state index contributed by atoms with van der Waals surface area (Å²) in [5.74, 6) is 0.247. The number of aliphatic hydroxyl groups is 1. The molecule has 2 nitrogen and oxygen atoms in total. The minimum atomic E-state index is -4.13. The molecule has 96 valence electrons. The van der Waals surface area contributed by atoms with Crippen molar-refractivity contribution in [3.63, 3.8) is 0 Å². The highest BCUT2D eigenvalue weighted by Crippen LogP contribution is 2.29. The van der Waals surface area contributed by atoms with Crippen LogP contribution in [0.5, 0.6) is 0 Å². The van der Waals surface area contributed by atoms with E-state index in [9.17, 15) is 18.3 Å². The Hall–Kier alpha value is 0.0600. The monoisotopic (exact) mass is 257 g/mol. The van der Waals surface area contributed by atoms with Crippen molar-refractivity contribution in [3.8, 4) is 0 Å². The Morgan fingerprint density at radius 3 is 2.56 bits per heavy atom. The van der Waals surface area contributed by atoms with Gasteiger partial charge in [-0.3, -0.25) is 0 Å². The lowest BCUT2D eigenvalue weighted by atomic mass is 9.86. The molecule has 0 saturated heterocycles. The number of rotatable bonds is 5. The first-order chi connectivity index (χ1) is 7.49. The van der Waals surface area contributed by atoms with E-state index in [0.29, 0.717) is 13.1 Å². The van der Waals surface area contributed by atoms with Crippen LogP contribution in [-0.4, -0.2) is 35.6 Å². The van der Waals surface area contributed by atoms with Gasteiger partial charge >= 0.3 is 5.51 Å². The molecule has 0 heterocycles. The summed E-state index contributed by atoms with van der Waals surface area (Å²) in [5, 5.41) is 12.6. The van der Waals surface area contributed by atoms with Gasteiger partial charge in [-0.05, 0) is 30.5 Å². The number of hydrogen-bond acceptors (Lipinski definition) is 3. The van der Waals surface area contributed by atoms with E-state index in [1.807, 2.05) is 0 Å². The number of thioether (sulfide) groups is 1. The summed E-state index contributed by atoms with van der Waals surface area (Å²) in [6.45, 7) is 0.965. The lowest BCUT2D eigenvalue weighted by Gasteiger charge is -2.27. The highest BCUT2D eigenvalue weighted by atomic mass is 32.2. The first-order valence-electron chi connectivity index (χ1n) is 5.58. The summed E-state index contributed by atoms with van der Waals surface area (Å²) in [5.41, 5.74) is -4.13. The molecule has 2 atom stereocenters. The van der Waals surface area contributed by atoms with Crippen LogP contribution in [0.25, 0.3) is 0 Å². The second-order valence-corrected chi connectivity index (χ2v) is 5.27. The standard InChI is InChI=1S/C10H18F3NOS/c11-10(12,13)16-6-5-14-7-8-3-1-2-4-9(8)15/h8-9,14-15H,1-7H2. The average Bonchev–Trinajstić information content (AvgIpc) is 2.18. The van der Waals surface area contributed by atoms with Gasteiger partial charge in [0.05, 0.1) is 6.10 Å². The number of hydrogen-bond donors (Lipinski definition) is 2. The molecule has 0 aromatic carbocycles. The van der Waals surface area contributed by atoms with E-state index in [-0.39, 0.29) is 29.5 Å². The largest absolute Gasteiger partial charge is 0.441 e. The van der Waals surface area contributed by atoms with Gasteiger partial charge in [-0.25, -0.2) is 0 Å². The van der Waals surface area contributed by atoms with Crippen LogP contribution in [0.3, 0.4) is 0 Å². The first kappa shape index (κ1) is 14.1. The predicted molar refractivity (Wildman–Crippen MR) is 59.3 cm³/mol. The van der Waals surface area contributed by atoms with Gasteiger partial charge in [0, 0.05) is 18.8 Å². The molecule has 16 heavy (non-hydrogen) atoms. The summed E-state index contributed by atoms with van der Waals surface area (Å²) in [6, 6.07) is 0. The maximum Gasteiger partial charge on any atom is 0.441 e. The van der Waals surface area contributed by atoms with Crippen LogP contribution < -0.4 is 5.32 Å². The van der Waals surface area contributed by atoms with Crippen molar-refractivity contribution >= 4 is 11.8 Å². The second-order valence-electron chi connectivity index (χ2n) is 4.11. The van der Waals surface area contributed by atoms with Gasteiger partial charge in [0.1, 0.15) is 0 Å². The van der Waals surface area contributed by atoms with Crippen LogP contribution in [0.2, 0.25) is 0 Å². The third-order valence-corrected chi connectivity index (χ3v) is 3.56. The summed E-state index contributed by atoms with van der Waals surface area (Å²) in [6.07, 6.45) is 3.68. The minimum absolute atomic E-state index is 0.00403. The normalized spacial score (nSPS) is 27.0. The van der Waals surface area contributed by atoms with Gasteiger partial charge in [0.15, 0.2) is 0 Å². The molecule has 6 heteroatoms. The minimum Gasteiger partial charge on any atom is -0.393 e. The van der Waals surface area contributed by atoms with Gasteiger partial charge in [-0.15, -0.1) is 0 Å². The van der Waals surface area contributed by atoms with E-state index in [1.54, 1.807) is 0 Å². The van der Waals surface area contributed by atoms with Crippen LogP contribution in [0, 0.1) is 5.92 Å². The zero-order valence-electron chi connectivity index (χ0n) is 9.09. The van der Waals surface area contributed by atoms with Crippen LogP contribution in [0.1, 0.15) is 25.7 Å². The molecule has 1 fully saturated rings. The third-order valence-electron chi connectivity index (χ3n) is 2.82. The van der Waals surface area contributed by atoms with E-state index in [2.05, 4.69) is 5.32 Å². The predicted octanol–water partition coefficient (Wildman–Crippen LogP) is 2.38. The SMILES string of the molecule is OC1CCCCC1CNCCSC(F)(F)F. The van der Waals surface area contributed by atoms with E-state index in [1.165, 1.54) is 0 Å². The van der Waals surface area contributed by atoms with E-state index < -0.39 is 5.51 Å². The van der Waals surface area contributed by atoms with Crippen LogP contribution in [-0.2, 0) is 0 Å². The molecular formula is C10H18F3NOS. The lowest BCUT2D eigenvalue weighted by molar-refractivity contribution is -0.0327. The van der Waals surface area contributed by atoms with Gasteiger partial charge in [-0.2, -0.15) is 13.2 Å². The Bertz CT molecular complexity index is 201. The van der Waals surface area contributed by atoms with Crippen molar-refractivity contribution in [2.75, 3.05) is 18.8 Å². The molecule has 0 spiro atoms. The molecule has 1 rings (SSSR count). The van der Waals surface area contributed by atoms with Crippen molar-refractivity contribution in [2.24, 2.45) is 5.92 Å². The first-order valence-corrected chi connectivity index (χ1v) is 6.57. The summed E-state index contributed by atoms with van der Waals surface area (Å²) in [7, 11) is 0. The smallest absolute Gasteiger partial charge is 0.393 e. The van der Waals surface area contributed by atoms with Gasteiger partial charge in [-0.1, -0.05) is 12.8 Å². The van der Waals surface area contributed by atoms with Crippen LogP contribution >= 0.6 is 11.8 Å². The van der Waals surface area contributed by atoms with Crippen molar-refractivity contribution in [1.82, 2.24) is 5.32 Å². The maximum absolute atomic E-state index is 11.8. The van der Waals surface area contributed by atoms with Crippen LogP contribution in [0.4, 0.5) is 13.2 Å². The maximum atomic E-state index is 11.8. The Balaban J connectivity index is 2.02. The Labute approximate surface area is 98.0 Å². The molecular weight excluding hydrogens is 239 g/mol. The average molecular weight is 257 g/mol. The Morgan fingerprint density at radius 2 is 1.94 bits per heavy atom. The van der Waals surface area contributed by atoms with Crippen molar-refractivity contribution in [2.45, 2.75) is 37.3 Å². The highest BCUT2D eigenvalue weighted by molar-refractivity contribution is 8.00. The van der Waals surface area contributed by atoms with E-state index in [4.69, 9.17) is 0 Å². The lowest BCUT2D eigenvalue weighted by Crippen LogP contribution is -2.34. The second kappa shape index (κ2) is 6.71. The van der Waals surface area contributed by atoms with Crippen molar-refractivity contribution < 1.29 is 18.3 Å². The quantitative estimate of drug-likeness (QED) is 0.742. The molecule has 1 aliphatic carbocycles. The van der Waals surface area contributed by atoms with Gasteiger partial charge in [0.2, 0.25) is 0 Å². The zero-order valence-corrected chi connectivity index (χ0v) is 9.91. The van der Waals surface area contributed by atoms with E-state index >= 15 is 0 Å². The molecule has 2 N–H and O–H groups in total. The molecule has 0 amide bonds. The molecule has 0 radical (unpaired) electrons. The zero-order chi connectivity index (χ0) is 12.0. The summed E-state index contributed by atoms with van der Waals surface area (Å²) in [4.78, 5) is 0. The third kappa shape index (κ3) is 5.96. The van der Waals surface area contributed by atoms with Crippen molar-refractivity contribution in [1.29, 1.82) is 0 Å². The number of alkyl halides is 3. The number of nitrogens with one attached hydrogen (secondary N) is 1. The molecule has 2 unspecified atom stereocenters. The topological polar surface area (TPSA) is 32.3 Å². The number of aliphatic hydroxyl groups excluding tert-OH is 1. The van der Waals surface area contributed by atoms with Gasteiger partial charge < -0.3 is 10.4 Å². The molecule has 0 aromatic heterocycles. The highest BCUT2D eigenvalue weighted by Gasteiger charge is 2.27. The molecule has 0 aromatic rings. The molecule has 1 aliphatic rings. The molecule has 0 aliphatic heterocycles. The van der Waals surface area contributed by atoms with Crippen LogP contribution in [0.15, 0.2) is 0 Å². The Morgan fingerprint density at radius 1 is 1.25 bits per heavy atom. The molecule has 1 saturated carbocycles. The summed E-state index contributed by atoms with van der Waals surface area (Å²) < 4.78 is 35.4. The van der Waals surface area contributed by atoms with Gasteiger partial charge in [0.25, 0.3) is 0 Å². The fourth-order valence-electron chi connectivity index (χ4n) is 1.95. The Kier molecular flexibility index (Phi) is 5.92. The molecule has 0 bridgehead atoms. The van der Waals surface area contributed by atoms with E-state index in [0.717, 1.165) is 25.7 Å². The fourth-order valence-corrected chi connectivity index (χ4v) is 2.43. The summed E-state index contributed by atoms with van der Waals surface area (Å²) >= 11 is -0.00403. The number of halogens is 3.